The maximum atomic E-state index is 12.5. The topological polar surface area (TPSA) is 30.0 Å². The second-order valence-corrected chi connectivity index (χ2v) is 5.09. The molecule has 0 atom stereocenters. The Balaban J connectivity index is 2.16. The van der Waals surface area contributed by atoms with Gasteiger partial charge in [0, 0.05) is 27.2 Å². The molecule has 2 aromatic carbocycles. The van der Waals surface area contributed by atoms with Gasteiger partial charge in [0.2, 0.25) is 0 Å². The van der Waals surface area contributed by atoms with Gasteiger partial charge in [-0.1, -0.05) is 41.9 Å². The SMILES string of the molecule is Cc1nc2ccc(Cl)cc2cc1C(=O)c1ccccc1. The molecule has 20 heavy (non-hydrogen) atoms. The molecule has 98 valence electrons. The van der Waals surface area contributed by atoms with E-state index in [1.807, 2.05) is 55.5 Å². The van der Waals surface area contributed by atoms with E-state index in [2.05, 4.69) is 4.98 Å². The van der Waals surface area contributed by atoms with Crippen molar-refractivity contribution in [1.29, 1.82) is 0 Å². The van der Waals surface area contributed by atoms with E-state index < -0.39 is 0 Å². The summed E-state index contributed by atoms with van der Waals surface area (Å²) in [5, 5.41) is 1.52. The zero-order chi connectivity index (χ0) is 14.1. The minimum atomic E-state index is -0.0162. The van der Waals surface area contributed by atoms with Crippen molar-refractivity contribution in [2.24, 2.45) is 0 Å². The Labute approximate surface area is 122 Å². The van der Waals surface area contributed by atoms with E-state index in [1.54, 1.807) is 6.07 Å². The molecule has 2 nitrogen and oxygen atoms in total. The summed E-state index contributed by atoms with van der Waals surface area (Å²) < 4.78 is 0. The Morgan fingerprint density at radius 1 is 1.05 bits per heavy atom. The normalized spacial score (nSPS) is 10.7. The molecule has 0 saturated carbocycles. The number of carbonyl (C=O) groups excluding carboxylic acids is 1. The fourth-order valence-corrected chi connectivity index (χ4v) is 2.40. The third kappa shape index (κ3) is 2.30. The molecule has 1 heterocycles. The van der Waals surface area contributed by atoms with Gasteiger partial charge in [-0.05, 0) is 31.2 Å². The number of fused-ring (bicyclic) bond motifs is 1. The highest BCUT2D eigenvalue weighted by molar-refractivity contribution is 6.31. The van der Waals surface area contributed by atoms with Crippen LogP contribution in [0, 0.1) is 6.92 Å². The third-order valence-electron chi connectivity index (χ3n) is 3.25. The molecule has 0 bridgehead atoms. The summed E-state index contributed by atoms with van der Waals surface area (Å²) in [4.78, 5) is 17.0. The van der Waals surface area contributed by atoms with Crippen LogP contribution in [0.15, 0.2) is 54.6 Å². The van der Waals surface area contributed by atoms with E-state index in [9.17, 15) is 4.79 Å². The second kappa shape index (κ2) is 5.06. The van der Waals surface area contributed by atoms with Crippen LogP contribution in [0.5, 0.6) is 0 Å². The molecular formula is C17H12ClNO. The van der Waals surface area contributed by atoms with Gasteiger partial charge in [0.05, 0.1) is 5.52 Å². The number of benzene rings is 2. The Kier molecular flexibility index (Phi) is 3.25. The van der Waals surface area contributed by atoms with Crippen LogP contribution >= 0.6 is 11.6 Å². The lowest BCUT2D eigenvalue weighted by Gasteiger charge is -2.07. The van der Waals surface area contributed by atoms with Crippen LogP contribution in [0.3, 0.4) is 0 Å². The first-order valence-electron chi connectivity index (χ1n) is 6.32. The number of hydrogen-bond acceptors (Lipinski definition) is 2. The van der Waals surface area contributed by atoms with Crippen LogP contribution in [-0.4, -0.2) is 10.8 Å². The largest absolute Gasteiger partial charge is 0.289 e. The van der Waals surface area contributed by atoms with Crippen LogP contribution in [0.4, 0.5) is 0 Å². The lowest BCUT2D eigenvalue weighted by Crippen LogP contribution is -2.05. The lowest BCUT2D eigenvalue weighted by atomic mass is 10.0. The first kappa shape index (κ1) is 12.8. The van der Waals surface area contributed by atoms with Crippen LogP contribution in [0.1, 0.15) is 21.6 Å². The smallest absolute Gasteiger partial charge is 0.194 e. The zero-order valence-corrected chi connectivity index (χ0v) is 11.7. The predicted molar refractivity (Wildman–Crippen MR) is 81.4 cm³/mol. The average molecular weight is 282 g/mol. The number of aromatic nitrogens is 1. The third-order valence-corrected chi connectivity index (χ3v) is 3.48. The van der Waals surface area contributed by atoms with E-state index >= 15 is 0 Å². The number of aryl methyl sites for hydroxylation is 1. The highest BCUT2D eigenvalue weighted by Gasteiger charge is 2.13. The van der Waals surface area contributed by atoms with Crippen molar-refractivity contribution in [3.63, 3.8) is 0 Å². The molecular weight excluding hydrogens is 270 g/mol. The maximum absolute atomic E-state index is 12.5. The lowest BCUT2D eigenvalue weighted by molar-refractivity contribution is 0.103. The fraction of sp³-hybridized carbons (Fsp3) is 0.0588. The van der Waals surface area contributed by atoms with Gasteiger partial charge in [-0.2, -0.15) is 0 Å². The van der Waals surface area contributed by atoms with Gasteiger partial charge in [-0.25, -0.2) is 0 Å². The highest BCUT2D eigenvalue weighted by Crippen LogP contribution is 2.22. The van der Waals surface area contributed by atoms with Crippen molar-refractivity contribution in [3.8, 4) is 0 Å². The van der Waals surface area contributed by atoms with E-state index in [-0.39, 0.29) is 5.78 Å². The predicted octanol–water partition coefficient (Wildman–Crippen LogP) is 4.43. The molecule has 0 N–H and O–H groups in total. The fourth-order valence-electron chi connectivity index (χ4n) is 2.22. The van der Waals surface area contributed by atoms with E-state index in [0.29, 0.717) is 16.1 Å². The molecule has 0 spiro atoms. The standard InChI is InChI=1S/C17H12ClNO/c1-11-15(17(20)12-5-3-2-4-6-12)10-13-9-14(18)7-8-16(13)19-11/h2-10H,1H3. The summed E-state index contributed by atoms with van der Waals surface area (Å²) in [5.74, 6) is -0.0162. The molecule has 0 aliphatic carbocycles. The molecule has 0 radical (unpaired) electrons. The quantitative estimate of drug-likeness (QED) is 0.651. The molecule has 3 rings (SSSR count). The maximum Gasteiger partial charge on any atom is 0.194 e. The Morgan fingerprint density at radius 3 is 2.55 bits per heavy atom. The molecule has 3 aromatic rings. The Hall–Kier alpha value is -2.19. The van der Waals surface area contributed by atoms with E-state index in [4.69, 9.17) is 11.6 Å². The number of pyridine rings is 1. The number of carbonyl (C=O) groups is 1. The van der Waals surface area contributed by atoms with Gasteiger partial charge in [0.25, 0.3) is 0 Å². The Morgan fingerprint density at radius 2 is 1.80 bits per heavy atom. The minimum absolute atomic E-state index is 0.0162. The number of hydrogen-bond donors (Lipinski definition) is 0. The second-order valence-electron chi connectivity index (χ2n) is 4.65. The van der Waals surface area contributed by atoms with Crippen LogP contribution < -0.4 is 0 Å². The summed E-state index contributed by atoms with van der Waals surface area (Å²) >= 11 is 5.99. The molecule has 0 saturated heterocycles. The van der Waals surface area contributed by atoms with Crippen molar-refractivity contribution in [3.05, 3.63) is 76.4 Å². The number of rotatable bonds is 2. The molecule has 0 aliphatic heterocycles. The average Bonchev–Trinajstić information content (AvgIpc) is 2.47. The van der Waals surface area contributed by atoms with Gasteiger partial charge in [0.1, 0.15) is 0 Å². The molecule has 3 heteroatoms. The monoisotopic (exact) mass is 281 g/mol. The van der Waals surface area contributed by atoms with E-state index in [0.717, 1.165) is 16.6 Å². The van der Waals surface area contributed by atoms with Crippen molar-refractivity contribution in [1.82, 2.24) is 4.98 Å². The first-order chi connectivity index (χ1) is 9.65. The van der Waals surface area contributed by atoms with Gasteiger partial charge in [-0.15, -0.1) is 0 Å². The van der Waals surface area contributed by atoms with Crippen molar-refractivity contribution in [2.45, 2.75) is 6.92 Å². The summed E-state index contributed by atoms with van der Waals surface area (Å²) in [6.07, 6.45) is 0. The molecule has 1 aromatic heterocycles. The zero-order valence-electron chi connectivity index (χ0n) is 10.9. The highest BCUT2D eigenvalue weighted by atomic mass is 35.5. The summed E-state index contributed by atoms with van der Waals surface area (Å²) in [6.45, 7) is 1.85. The minimum Gasteiger partial charge on any atom is -0.289 e. The van der Waals surface area contributed by atoms with Gasteiger partial charge in [0.15, 0.2) is 5.78 Å². The molecule has 0 amide bonds. The van der Waals surface area contributed by atoms with Gasteiger partial charge < -0.3 is 0 Å². The molecule has 0 fully saturated rings. The van der Waals surface area contributed by atoms with Crippen LogP contribution in [0.2, 0.25) is 5.02 Å². The van der Waals surface area contributed by atoms with Crippen molar-refractivity contribution < 1.29 is 4.79 Å². The first-order valence-corrected chi connectivity index (χ1v) is 6.69. The van der Waals surface area contributed by atoms with Crippen molar-refractivity contribution in [2.75, 3.05) is 0 Å². The summed E-state index contributed by atoms with van der Waals surface area (Å²) in [7, 11) is 0. The number of ketones is 1. The van der Waals surface area contributed by atoms with Crippen molar-refractivity contribution >= 4 is 28.3 Å². The Bertz CT molecular complexity index is 797. The van der Waals surface area contributed by atoms with Crippen LogP contribution in [-0.2, 0) is 0 Å². The molecule has 0 unspecified atom stereocenters. The summed E-state index contributed by atoms with van der Waals surface area (Å²) in [6, 6.07) is 16.6. The van der Waals surface area contributed by atoms with Crippen LogP contribution in [0.25, 0.3) is 10.9 Å². The van der Waals surface area contributed by atoms with Gasteiger partial charge >= 0.3 is 0 Å². The molecule has 0 aliphatic rings. The van der Waals surface area contributed by atoms with E-state index in [1.165, 1.54) is 0 Å². The number of halogens is 1. The van der Waals surface area contributed by atoms with Gasteiger partial charge in [-0.3, -0.25) is 9.78 Å². The summed E-state index contributed by atoms with van der Waals surface area (Å²) in [5.41, 5.74) is 2.86. The number of nitrogens with zero attached hydrogens (tertiary/aromatic N) is 1.